The van der Waals surface area contributed by atoms with Crippen molar-refractivity contribution in [3.63, 3.8) is 0 Å². The molecule has 7 heteroatoms. The van der Waals surface area contributed by atoms with Gasteiger partial charge in [0.1, 0.15) is 5.52 Å². The molecule has 140 valence electrons. The summed E-state index contributed by atoms with van der Waals surface area (Å²) >= 11 is 12.4. The summed E-state index contributed by atoms with van der Waals surface area (Å²) in [6.07, 6.45) is 0. The first kappa shape index (κ1) is 17.8. The van der Waals surface area contributed by atoms with E-state index in [0.717, 1.165) is 5.39 Å². The fourth-order valence-corrected chi connectivity index (χ4v) is 3.83. The minimum atomic E-state index is -0.288. The molecule has 2 aromatic heterocycles. The predicted molar refractivity (Wildman–Crippen MR) is 114 cm³/mol. The van der Waals surface area contributed by atoms with Crippen LogP contribution in [0.4, 0.5) is 0 Å². The van der Waals surface area contributed by atoms with E-state index in [-0.39, 0.29) is 5.91 Å². The molecule has 2 heterocycles. The summed E-state index contributed by atoms with van der Waals surface area (Å²) in [5.41, 5.74) is 3.72. The largest absolute Gasteiger partial charge is 0.280 e. The van der Waals surface area contributed by atoms with Gasteiger partial charge in [0, 0.05) is 16.0 Å². The quantitative estimate of drug-likeness (QED) is 0.372. The topological polar surface area (TPSA) is 60.7 Å². The Morgan fingerprint density at radius 3 is 2.45 bits per heavy atom. The Morgan fingerprint density at radius 1 is 0.862 bits per heavy atom. The fourth-order valence-electron chi connectivity index (χ4n) is 3.32. The third-order valence-electron chi connectivity index (χ3n) is 4.70. The molecule has 0 saturated heterocycles. The fraction of sp³-hybridized carbons (Fsp3) is 0. The maximum atomic E-state index is 13.4. The van der Waals surface area contributed by atoms with E-state index >= 15 is 0 Å². The van der Waals surface area contributed by atoms with Crippen LogP contribution < -0.4 is 0 Å². The number of fused-ring (bicyclic) bond motifs is 2. The second-order valence-corrected chi connectivity index (χ2v) is 7.34. The molecular weight excluding hydrogens is 407 g/mol. The van der Waals surface area contributed by atoms with Crippen molar-refractivity contribution in [3.05, 3.63) is 88.4 Å². The van der Waals surface area contributed by atoms with Crippen molar-refractivity contribution in [1.82, 2.24) is 20.0 Å². The van der Waals surface area contributed by atoms with Gasteiger partial charge in [-0.25, -0.2) is 4.98 Å². The third kappa shape index (κ3) is 3.05. The van der Waals surface area contributed by atoms with E-state index in [9.17, 15) is 4.79 Å². The van der Waals surface area contributed by atoms with Crippen LogP contribution in [0.5, 0.6) is 0 Å². The Kier molecular flexibility index (Phi) is 4.27. The van der Waals surface area contributed by atoms with E-state index in [1.807, 2.05) is 48.5 Å². The Labute approximate surface area is 175 Å². The highest BCUT2D eigenvalue weighted by atomic mass is 35.5. The summed E-state index contributed by atoms with van der Waals surface area (Å²) < 4.78 is 1.31. The molecule has 0 atom stereocenters. The number of pyridine rings is 1. The number of hydrogen-bond acceptors (Lipinski definition) is 4. The van der Waals surface area contributed by atoms with E-state index < -0.39 is 0 Å². The van der Waals surface area contributed by atoms with E-state index in [1.165, 1.54) is 4.68 Å². The molecule has 0 spiro atoms. The molecule has 29 heavy (non-hydrogen) atoms. The van der Waals surface area contributed by atoms with E-state index in [2.05, 4.69) is 10.3 Å². The molecule has 5 aromatic rings. The second kappa shape index (κ2) is 6.95. The molecule has 5 nitrogen and oxygen atoms in total. The van der Waals surface area contributed by atoms with Gasteiger partial charge < -0.3 is 0 Å². The Morgan fingerprint density at radius 2 is 1.62 bits per heavy atom. The minimum absolute atomic E-state index is 0.288. The lowest BCUT2D eigenvalue weighted by Crippen LogP contribution is -2.14. The zero-order chi connectivity index (χ0) is 20.0. The van der Waals surface area contributed by atoms with Crippen molar-refractivity contribution in [2.45, 2.75) is 0 Å². The van der Waals surface area contributed by atoms with Crippen LogP contribution in [0.3, 0.4) is 0 Å². The summed E-state index contributed by atoms with van der Waals surface area (Å²) in [7, 11) is 0. The maximum absolute atomic E-state index is 13.4. The van der Waals surface area contributed by atoms with Gasteiger partial charge in [-0.2, -0.15) is 4.68 Å². The van der Waals surface area contributed by atoms with Gasteiger partial charge in [0.05, 0.1) is 27.3 Å². The van der Waals surface area contributed by atoms with Crippen molar-refractivity contribution in [1.29, 1.82) is 0 Å². The standard InChI is InChI=1S/C22H12Cl2N4O/c23-13-9-10-15(17(24)11-13)20-12-16(14-5-1-2-6-18(14)25-20)22(29)28-21-8-4-3-7-19(21)26-27-28/h1-12H. The van der Waals surface area contributed by atoms with Crippen molar-refractivity contribution >= 4 is 51.0 Å². The Balaban J connectivity index is 1.75. The van der Waals surface area contributed by atoms with Gasteiger partial charge >= 0.3 is 0 Å². The number of rotatable bonds is 2. The van der Waals surface area contributed by atoms with Gasteiger partial charge in [0.25, 0.3) is 5.91 Å². The number of nitrogens with zero attached hydrogens (tertiary/aromatic N) is 4. The SMILES string of the molecule is O=C(c1cc(-c2ccc(Cl)cc2Cl)nc2ccccc12)n1nnc2ccccc21. The van der Waals surface area contributed by atoms with Gasteiger partial charge in [0.2, 0.25) is 0 Å². The second-order valence-electron chi connectivity index (χ2n) is 6.49. The molecular formula is C22H12Cl2N4O. The van der Waals surface area contributed by atoms with Crippen molar-refractivity contribution in [3.8, 4) is 11.3 Å². The molecule has 0 unspecified atom stereocenters. The van der Waals surface area contributed by atoms with E-state index in [1.54, 1.807) is 24.3 Å². The summed E-state index contributed by atoms with van der Waals surface area (Å²) in [5, 5.41) is 9.88. The number of carbonyl (C=O) groups excluding carboxylic acids is 1. The van der Waals surface area contributed by atoms with Crippen LogP contribution in [0, 0.1) is 0 Å². The van der Waals surface area contributed by atoms with Crippen LogP contribution in [-0.2, 0) is 0 Å². The highest BCUT2D eigenvalue weighted by molar-refractivity contribution is 6.36. The molecule has 0 bridgehead atoms. The third-order valence-corrected chi connectivity index (χ3v) is 5.25. The summed E-state index contributed by atoms with van der Waals surface area (Å²) in [6, 6.07) is 21.7. The number of hydrogen-bond donors (Lipinski definition) is 0. The minimum Gasteiger partial charge on any atom is -0.267 e. The number of carbonyl (C=O) groups is 1. The Hall–Kier alpha value is -3.28. The van der Waals surface area contributed by atoms with Gasteiger partial charge in [-0.15, -0.1) is 5.10 Å². The first-order valence-electron chi connectivity index (χ1n) is 8.82. The zero-order valence-corrected chi connectivity index (χ0v) is 16.4. The first-order chi connectivity index (χ1) is 14.1. The van der Waals surface area contributed by atoms with E-state index in [0.29, 0.717) is 43.4 Å². The average molecular weight is 419 g/mol. The highest BCUT2D eigenvalue weighted by Gasteiger charge is 2.19. The monoisotopic (exact) mass is 418 g/mol. The molecule has 0 radical (unpaired) electrons. The van der Waals surface area contributed by atoms with Crippen LogP contribution in [-0.4, -0.2) is 25.9 Å². The number of halogens is 2. The Bertz CT molecular complexity index is 1410. The molecule has 0 saturated carbocycles. The van der Waals surface area contributed by atoms with Gasteiger partial charge in [-0.05, 0) is 42.5 Å². The van der Waals surface area contributed by atoms with Crippen molar-refractivity contribution in [2.24, 2.45) is 0 Å². The van der Waals surface area contributed by atoms with Crippen LogP contribution in [0.25, 0.3) is 33.2 Å². The zero-order valence-electron chi connectivity index (χ0n) is 14.9. The lowest BCUT2D eigenvalue weighted by molar-refractivity contribution is 0.0949. The molecule has 0 aliphatic rings. The van der Waals surface area contributed by atoms with Crippen molar-refractivity contribution < 1.29 is 4.79 Å². The smallest absolute Gasteiger partial charge is 0.267 e. The molecule has 0 N–H and O–H groups in total. The van der Waals surface area contributed by atoms with Crippen LogP contribution in [0.15, 0.2) is 72.8 Å². The van der Waals surface area contributed by atoms with Gasteiger partial charge in [0.15, 0.2) is 0 Å². The van der Waals surface area contributed by atoms with Gasteiger partial charge in [-0.3, -0.25) is 4.79 Å². The average Bonchev–Trinajstić information content (AvgIpc) is 3.16. The summed E-state index contributed by atoms with van der Waals surface area (Å²) in [4.78, 5) is 18.1. The molecule has 0 aliphatic heterocycles. The molecule has 0 fully saturated rings. The predicted octanol–water partition coefficient (Wildman–Crippen LogP) is 5.64. The van der Waals surface area contributed by atoms with Crippen LogP contribution in [0.1, 0.15) is 10.4 Å². The number of para-hydroxylation sites is 2. The van der Waals surface area contributed by atoms with Crippen molar-refractivity contribution in [2.75, 3.05) is 0 Å². The van der Waals surface area contributed by atoms with Crippen LogP contribution >= 0.6 is 23.2 Å². The lowest BCUT2D eigenvalue weighted by Gasteiger charge is -2.10. The molecule has 3 aromatic carbocycles. The number of benzene rings is 3. The normalized spacial score (nSPS) is 11.2. The van der Waals surface area contributed by atoms with E-state index in [4.69, 9.17) is 28.2 Å². The molecule has 0 amide bonds. The van der Waals surface area contributed by atoms with Crippen LogP contribution in [0.2, 0.25) is 10.0 Å². The first-order valence-corrected chi connectivity index (χ1v) is 9.58. The molecule has 0 aliphatic carbocycles. The lowest BCUT2D eigenvalue weighted by atomic mass is 10.0. The number of aromatic nitrogens is 4. The molecule has 5 rings (SSSR count). The summed E-state index contributed by atoms with van der Waals surface area (Å²) in [5.74, 6) is -0.288. The van der Waals surface area contributed by atoms with Gasteiger partial charge in [-0.1, -0.05) is 58.7 Å². The maximum Gasteiger partial charge on any atom is 0.280 e. The summed E-state index contributed by atoms with van der Waals surface area (Å²) in [6.45, 7) is 0. The highest BCUT2D eigenvalue weighted by Crippen LogP contribution is 2.32.